The molecule has 5 aromatic rings. The Morgan fingerprint density at radius 2 is 1.90 bits per heavy atom. The molecule has 0 unspecified atom stereocenters. The van der Waals surface area contributed by atoms with E-state index in [4.69, 9.17) is 14.9 Å². The van der Waals surface area contributed by atoms with Gasteiger partial charge in [-0.2, -0.15) is 5.10 Å². The van der Waals surface area contributed by atoms with Gasteiger partial charge in [0.2, 0.25) is 0 Å². The average molecular weight is 410 g/mol. The average Bonchev–Trinajstić information content (AvgIpc) is 3.50. The third kappa shape index (κ3) is 4.20. The van der Waals surface area contributed by atoms with Gasteiger partial charge in [0.25, 0.3) is 0 Å². The standard InChI is InChI=1S/C25H22N4O2/c26-21(10-17-4-2-1-3-5-17)16-31-22-12-23(25(27-14-22)19-8-9-30-15-19)18-6-7-24-20(11-18)13-28-29-24/h1-9,11-15,21H,10,16,26H2,(H,28,29)/t21-/m0/s1. The van der Waals surface area contributed by atoms with Gasteiger partial charge in [0.1, 0.15) is 12.4 Å². The Morgan fingerprint density at radius 1 is 1.00 bits per heavy atom. The maximum absolute atomic E-state index is 6.29. The summed E-state index contributed by atoms with van der Waals surface area (Å²) in [4.78, 5) is 4.68. The van der Waals surface area contributed by atoms with Crippen LogP contribution in [0.1, 0.15) is 5.56 Å². The van der Waals surface area contributed by atoms with Gasteiger partial charge in [0, 0.05) is 22.6 Å². The quantitative estimate of drug-likeness (QED) is 0.401. The van der Waals surface area contributed by atoms with Crippen molar-refractivity contribution in [1.82, 2.24) is 15.2 Å². The molecule has 6 heteroatoms. The molecule has 0 aliphatic heterocycles. The molecule has 5 rings (SSSR count). The van der Waals surface area contributed by atoms with Crippen LogP contribution in [-0.4, -0.2) is 27.8 Å². The van der Waals surface area contributed by atoms with E-state index in [9.17, 15) is 0 Å². The molecule has 0 fully saturated rings. The molecule has 2 aromatic carbocycles. The smallest absolute Gasteiger partial charge is 0.138 e. The summed E-state index contributed by atoms with van der Waals surface area (Å²) in [6.45, 7) is 0.405. The van der Waals surface area contributed by atoms with Crippen LogP contribution in [-0.2, 0) is 6.42 Å². The number of fused-ring (bicyclic) bond motifs is 1. The molecule has 154 valence electrons. The molecule has 0 aliphatic carbocycles. The largest absolute Gasteiger partial charge is 0.490 e. The molecule has 0 bridgehead atoms. The Kier molecular flexibility index (Phi) is 5.21. The number of H-pyrrole nitrogens is 1. The molecule has 3 N–H and O–H groups in total. The van der Waals surface area contributed by atoms with Crippen molar-refractivity contribution in [2.75, 3.05) is 6.61 Å². The summed E-state index contributed by atoms with van der Waals surface area (Å²) >= 11 is 0. The van der Waals surface area contributed by atoms with E-state index in [1.54, 1.807) is 18.7 Å². The minimum Gasteiger partial charge on any atom is -0.490 e. The number of furan rings is 1. The first-order valence-electron chi connectivity index (χ1n) is 10.1. The second-order valence-electron chi connectivity index (χ2n) is 7.51. The number of hydrogen-bond acceptors (Lipinski definition) is 5. The fraction of sp³-hybridized carbons (Fsp3) is 0.120. The van der Waals surface area contributed by atoms with Crippen molar-refractivity contribution in [3.8, 4) is 28.1 Å². The molecule has 31 heavy (non-hydrogen) atoms. The monoisotopic (exact) mass is 410 g/mol. The molecular weight excluding hydrogens is 388 g/mol. The van der Waals surface area contributed by atoms with Crippen molar-refractivity contribution in [2.24, 2.45) is 5.73 Å². The highest BCUT2D eigenvalue weighted by molar-refractivity contribution is 5.88. The van der Waals surface area contributed by atoms with Gasteiger partial charge in [-0.25, -0.2) is 0 Å². The van der Waals surface area contributed by atoms with Crippen molar-refractivity contribution in [1.29, 1.82) is 0 Å². The van der Waals surface area contributed by atoms with E-state index in [1.165, 1.54) is 5.56 Å². The number of nitrogens with zero attached hydrogens (tertiary/aromatic N) is 2. The first-order valence-corrected chi connectivity index (χ1v) is 10.1. The highest BCUT2D eigenvalue weighted by Crippen LogP contribution is 2.34. The van der Waals surface area contributed by atoms with Crippen molar-refractivity contribution >= 4 is 10.9 Å². The van der Waals surface area contributed by atoms with E-state index in [0.717, 1.165) is 39.7 Å². The van der Waals surface area contributed by atoms with Gasteiger partial charge in [0.05, 0.1) is 36.1 Å². The van der Waals surface area contributed by atoms with Crippen LogP contribution in [0.3, 0.4) is 0 Å². The lowest BCUT2D eigenvalue weighted by molar-refractivity contribution is 0.287. The number of aromatic amines is 1. The molecule has 3 heterocycles. The van der Waals surface area contributed by atoms with Crippen LogP contribution < -0.4 is 10.5 Å². The Bertz CT molecular complexity index is 1280. The van der Waals surface area contributed by atoms with Crippen LogP contribution in [0.5, 0.6) is 5.75 Å². The van der Waals surface area contributed by atoms with Crippen molar-refractivity contribution in [2.45, 2.75) is 12.5 Å². The minimum absolute atomic E-state index is 0.110. The van der Waals surface area contributed by atoms with Crippen LogP contribution in [0.2, 0.25) is 0 Å². The normalized spacial score (nSPS) is 12.2. The Hall–Kier alpha value is -3.90. The van der Waals surface area contributed by atoms with Gasteiger partial charge < -0.3 is 14.9 Å². The third-order valence-electron chi connectivity index (χ3n) is 5.21. The maximum atomic E-state index is 6.29. The Morgan fingerprint density at radius 3 is 2.74 bits per heavy atom. The molecule has 0 aliphatic rings. The zero-order valence-corrected chi connectivity index (χ0v) is 16.9. The summed E-state index contributed by atoms with van der Waals surface area (Å²) in [6, 6.07) is 20.1. The number of aromatic nitrogens is 3. The van der Waals surface area contributed by atoms with Gasteiger partial charge in [-0.1, -0.05) is 36.4 Å². The number of nitrogens with one attached hydrogen (secondary N) is 1. The summed E-state index contributed by atoms with van der Waals surface area (Å²) in [7, 11) is 0. The lowest BCUT2D eigenvalue weighted by Crippen LogP contribution is -2.30. The van der Waals surface area contributed by atoms with E-state index in [0.29, 0.717) is 12.4 Å². The molecule has 0 radical (unpaired) electrons. The minimum atomic E-state index is -0.110. The van der Waals surface area contributed by atoms with E-state index in [1.807, 2.05) is 48.7 Å². The van der Waals surface area contributed by atoms with Gasteiger partial charge >= 0.3 is 0 Å². The number of rotatable bonds is 7. The number of nitrogens with two attached hydrogens (primary N) is 1. The lowest BCUT2D eigenvalue weighted by Gasteiger charge is -2.15. The summed E-state index contributed by atoms with van der Waals surface area (Å²) in [5.74, 6) is 0.679. The molecule has 0 spiro atoms. The topological polar surface area (TPSA) is 90.0 Å². The zero-order chi connectivity index (χ0) is 21.0. The predicted molar refractivity (Wildman–Crippen MR) is 121 cm³/mol. The molecule has 0 saturated heterocycles. The van der Waals surface area contributed by atoms with Gasteiger partial charge in [-0.3, -0.25) is 10.1 Å². The summed E-state index contributed by atoms with van der Waals surface area (Å²) < 4.78 is 11.3. The number of benzene rings is 2. The summed E-state index contributed by atoms with van der Waals surface area (Å²) in [6.07, 6.45) is 7.64. The third-order valence-corrected chi connectivity index (χ3v) is 5.21. The van der Waals surface area contributed by atoms with Crippen LogP contribution in [0.4, 0.5) is 0 Å². The Labute approximate surface area is 179 Å². The van der Waals surface area contributed by atoms with Crippen LogP contribution in [0, 0.1) is 0 Å². The second-order valence-corrected chi connectivity index (χ2v) is 7.51. The second kappa shape index (κ2) is 8.45. The van der Waals surface area contributed by atoms with Gasteiger partial charge in [-0.15, -0.1) is 0 Å². The van der Waals surface area contributed by atoms with Crippen LogP contribution in [0.25, 0.3) is 33.3 Å². The van der Waals surface area contributed by atoms with Crippen molar-refractivity contribution in [3.05, 3.63) is 91.1 Å². The highest BCUT2D eigenvalue weighted by Gasteiger charge is 2.14. The zero-order valence-electron chi connectivity index (χ0n) is 16.9. The fourth-order valence-electron chi connectivity index (χ4n) is 3.66. The number of hydrogen-bond donors (Lipinski definition) is 2. The molecule has 0 saturated carbocycles. The first kappa shape index (κ1) is 19.1. The van der Waals surface area contributed by atoms with E-state index < -0.39 is 0 Å². The molecule has 1 atom stereocenters. The first-order chi connectivity index (χ1) is 15.3. The summed E-state index contributed by atoms with van der Waals surface area (Å²) in [5, 5.41) is 8.13. The van der Waals surface area contributed by atoms with Crippen LogP contribution >= 0.6 is 0 Å². The Balaban J connectivity index is 1.42. The molecule has 3 aromatic heterocycles. The van der Waals surface area contributed by atoms with E-state index >= 15 is 0 Å². The predicted octanol–water partition coefficient (Wildman–Crippen LogP) is 4.83. The fourth-order valence-corrected chi connectivity index (χ4v) is 3.66. The summed E-state index contributed by atoms with van der Waals surface area (Å²) in [5.41, 5.74) is 12.2. The number of ether oxygens (including phenoxy) is 1. The SMILES string of the molecule is N[C@H](COc1cnc(-c2ccoc2)c(-c2ccc3[nH]ncc3c2)c1)Cc1ccccc1. The molecule has 0 amide bonds. The number of pyridine rings is 1. The lowest BCUT2D eigenvalue weighted by atomic mass is 9.99. The van der Waals surface area contributed by atoms with Gasteiger partial charge in [0.15, 0.2) is 0 Å². The van der Waals surface area contributed by atoms with Gasteiger partial charge in [-0.05, 0) is 41.8 Å². The molecule has 6 nitrogen and oxygen atoms in total. The highest BCUT2D eigenvalue weighted by atomic mass is 16.5. The molecular formula is C25H22N4O2. The maximum Gasteiger partial charge on any atom is 0.138 e. The van der Waals surface area contributed by atoms with E-state index in [2.05, 4.69) is 33.4 Å². The van der Waals surface area contributed by atoms with E-state index in [-0.39, 0.29) is 6.04 Å². The van der Waals surface area contributed by atoms with Crippen LogP contribution in [0.15, 0.2) is 90.0 Å². The van der Waals surface area contributed by atoms with Crippen molar-refractivity contribution < 1.29 is 9.15 Å². The van der Waals surface area contributed by atoms with Crippen molar-refractivity contribution in [3.63, 3.8) is 0 Å².